The smallest absolute Gasteiger partial charge is 0.0524 e. The van der Waals surface area contributed by atoms with E-state index in [1.165, 1.54) is 11.1 Å². The van der Waals surface area contributed by atoms with Crippen LogP contribution in [0.3, 0.4) is 0 Å². The van der Waals surface area contributed by atoms with E-state index in [1.54, 1.807) is 0 Å². The van der Waals surface area contributed by atoms with Crippen molar-refractivity contribution < 1.29 is 5.11 Å². The van der Waals surface area contributed by atoms with Crippen molar-refractivity contribution in [3.05, 3.63) is 35.4 Å². The average Bonchev–Trinajstić information content (AvgIpc) is 2.33. The maximum atomic E-state index is 9.24. The molecule has 0 fully saturated rings. The second-order valence-electron chi connectivity index (χ2n) is 5.25. The van der Waals surface area contributed by atoms with Crippen molar-refractivity contribution in [1.29, 1.82) is 0 Å². The molecule has 0 aliphatic rings. The van der Waals surface area contributed by atoms with Gasteiger partial charge in [0.25, 0.3) is 0 Å². The molecule has 102 valence electrons. The van der Waals surface area contributed by atoms with E-state index in [0.29, 0.717) is 0 Å². The highest BCUT2D eigenvalue weighted by molar-refractivity contribution is 5.24. The number of aryl methyl sites for hydroxylation is 1. The van der Waals surface area contributed by atoms with Gasteiger partial charge in [-0.3, -0.25) is 0 Å². The molecule has 3 N–H and O–H groups in total. The van der Waals surface area contributed by atoms with Crippen LogP contribution in [0.25, 0.3) is 0 Å². The lowest BCUT2D eigenvalue weighted by Gasteiger charge is -2.20. The van der Waals surface area contributed by atoms with Crippen molar-refractivity contribution >= 4 is 0 Å². The van der Waals surface area contributed by atoms with Crippen molar-refractivity contribution in [2.45, 2.75) is 38.8 Å². The zero-order chi connectivity index (χ0) is 13.5. The van der Waals surface area contributed by atoms with E-state index >= 15 is 0 Å². The number of aliphatic hydroxyl groups excluding tert-OH is 1. The van der Waals surface area contributed by atoms with Crippen LogP contribution < -0.4 is 5.73 Å². The van der Waals surface area contributed by atoms with Crippen molar-refractivity contribution in [1.82, 2.24) is 4.90 Å². The molecule has 0 aromatic heterocycles. The standard InChI is InChI=1S/C15H26N2O/c1-12-5-4-6-14(11-12)15(16)8-10-17(3)9-7-13(2)18/h4-6,11,13,15,18H,7-10,16H2,1-3H3. The highest BCUT2D eigenvalue weighted by Gasteiger charge is 2.08. The van der Waals surface area contributed by atoms with Gasteiger partial charge in [-0.1, -0.05) is 29.8 Å². The fourth-order valence-electron chi connectivity index (χ4n) is 1.95. The second kappa shape index (κ2) is 7.52. The van der Waals surface area contributed by atoms with Crippen LogP contribution in [-0.4, -0.2) is 36.2 Å². The molecule has 0 aliphatic carbocycles. The van der Waals surface area contributed by atoms with Crippen LogP contribution >= 0.6 is 0 Å². The van der Waals surface area contributed by atoms with Gasteiger partial charge in [-0.05, 0) is 45.8 Å². The fourth-order valence-corrected chi connectivity index (χ4v) is 1.95. The molecular formula is C15H26N2O. The summed E-state index contributed by atoms with van der Waals surface area (Å²) in [7, 11) is 2.07. The summed E-state index contributed by atoms with van der Waals surface area (Å²) >= 11 is 0. The highest BCUT2D eigenvalue weighted by Crippen LogP contribution is 2.15. The van der Waals surface area contributed by atoms with Crippen LogP contribution in [0.4, 0.5) is 0 Å². The number of rotatable bonds is 7. The van der Waals surface area contributed by atoms with Gasteiger partial charge in [-0.2, -0.15) is 0 Å². The van der Waals surface area contributed by atoms with E-state index in [2.05, 4.69) is 43.1 Å². The third-order valence-electron chi connectivity index (χ3n) is 3.22. The van der Waals surface area contributed by atoms with Crippen molar-refractivity contribution in [3.8, 4) is 0 Å². The van der Waals surface area contributed by atoms with E-state index in [0.717, 1.165) is 25.9 Å². The number of hydrogen-bond acceptors (Lipinski definition) is 3. The molecule has 0 heterocycles. The fraction of sp³-hybridized carbons (Fsp3) is 0.600. The van der Waals surface area contributed by atoms with Crippen LogP contribution in [0.15, 0.2) is 24.3 Å². The SMILES string of the molecule is Cc1cccc(C(N)CCN(C)CCC(C)O)c1. The van der Waals surface area contributed by atoms with Crippen LogP contribution in [0.2, 0.25) is 0 Å². The van der Waals surface area contributed by atoms with Gasteiger partial charge in [0.05, 0.1) is 6.10 Å². The molecule has 2 atom stereocenters. The summed E-state index contributed by atoms with van der Waals surface area (Å²) in [5.74, 6) is 0. The molecule has 0 radical (unpaired) electrons. The molecule has 3 nitrogen and oxygen atoms in total. The lowest BCUT2D eigenvalue weighted by atomic mass is 10.0. The van der Waals surface area contributed by atoms with E-state index in [-0.39, 0.29) is 12.1 Å². The first kappa shape index (κ1) is 15.2. The minimum atomic E-state index is -0.224. The minimum absolute atomic E-state index is 0.0962. The first-order valence-corrected chi connectivity index (χ1v) is 6.68. The normalized spacial score (nSPS) is 14.8. The molecule has 1 aromatic carbocycles. The Bertz CT molecular complexity index is 352. The molecule has 2 unspecified atom stereocenters. The molecule has 0 aliphatic heterocycles. The Morgan fingerprint density at radius 2 is 1.94 bits per heavy atom. The summed E-state index contributed by atoms with van der Waals surface area (Å²) < 4.78 is 0. The van der Waals surface area contributed by atoms with Crippen LogP contribution in [0.5, 0.6) is 0 Å². The number of benzene rings is 1. The first-order valence-electron chi connectivity index (χ1n) is 6.68. The molecule has 18 heavy (non-hydrogen) atoms. The zero-order valence-corrected chi connectivity index (χ0v) is 11.8. The van der Waals surface area contributed by atoms with Crippen molar-refractivity contribution in [3.63, 3.8) is 0 Å². The van der Waals surface area contributed by atoms with Gasteiger partial charge in [0.1, 0.15) is 0 Å². The van der Waals surface area contributed by atoms with E-state index < -0.39 is 0 Å². The van der Waals surface area contributed by atoms with Gasteiger partial charge in [-0.25, -0.2) is 0 Å². The van der Waals surface area contributed by atoms with Crippen LogP contribution in [-0.2, 0) is 0 Å². The Kier molecular flexibility index (Phi) is 6.33. The lowest BCUT2D eigenvalue weighted by molar-refractivity contribution is 0.163. The molecular weight excluding hydrogens is 224 g/mol. The quantitative estimate of drug-likeness (QED) is 0.779. The average molecular weight is 250 g/mol. The molecule has 0 saturated carbocycles. The predicted molar refractivity (Wildman–Crippen MR) is 76.5 cm³/mol. The van der Waals surface area contributed by atoms with Gasteiger partial charge in [0.2, 0.25) is 0 Å². The lowest BCUT2D eigenvalue weighted by Crippen LogP contribution is -2.26. The number of aliphatic hydroxyl groups is 1. The molecule has 0 saturated heterocycles. The molecule has 1 rings (SSSR count). The number of hydrogen-bond donors (Lipinski definition) is 2. The topological polar surface area (TPSA) is 49.5 Å². The van der Waals surface area contributed by atoms with Crippen LogP contribution in [0, 0.1) is 6.92 Å². The summed E-state index contributed by atoms with van der Waals surface area (Å²) in [5, 5.41) is 9.24. The van der Waals surface area contributed by atoms with Crippen molar-refractivity contribution in [2.75, 3.05) is 20.1 Å². The Balaban J connectivity index is 2.34. The molecule has 0 bridgehead atoms. The summed E-state index contributed by atoms with van der Waals surface area (Å²) in [6.45, 7) is 5.79. The van der Waals surface area contributed by atoms with E-state index in [4.69, 9.17) is 5.73 Å². The number of nitrogens with two attached hydrogens (primary N) is 1. The molecule has 0 spiro atoms. The third kappa shape index (κ3) is 5.63. The summed E-state index contributed by atoms with van der Waals surface area (Å²) in [4.78, 5) is 2.22. The summed E-state index contributed by atoms with van der Waals surface area (Å²) in [6, 6.07) is 8.49. The number of nitrogens with zero attached hydrogens (tertiary/aromatic N) is 1. The predicted octanol–water partition coefficient (Wildman–Crippen LogP) is 2.09. The Labute approximate surface area is 111 Å². The minimum Gasteiger partial charge on any atom is -0.393 e. The Morgan fingerprint density at radius 1 is 1.28 bits per heavy atom. The van der Waals surface area contributed by atoms with Crippen LogP contribution in [0.1, 0.15) is 36.9 Å². The summed E-state index contributed by atoms with van der Waals surface area (Å²) in [6.07, 6.45) is 1.54. The van der Waals surface area contributed by atoms with Gasteiger partial charge >= 0.3 is 0 Å². The summed E-state index contributed by atoms with van der Waals surface area (Å²) in [5.41, 5.74) is 8.65. The largest absolute Gasteiger partial charge is 0.393 e. The second-order valence-corrected chi connectivity index (χ2v) is 5.25. The maximum Gasteiger partial charge on any atom is 0.0524 e. The van der Waals surface area contributed by atoms with Gasteiger partial charge in [-0.15, -0.1) is 0 Å². The highest BCUT2D eigenvalue weighted by atomic mass is 16.3. The maximum absolute atomic E-state index is 9.24. The monoisotopic (exact) mass is 250 g/mol. The van der Waals surface area contributed by atoms with Gasteiger partial charge in [0.15, 0.2) is 0 Å². The Morgan fingerprint density at radius 3 is 2.56 bits per heavy atom. The van der Waals surface area contributed by atoms with Gasteiger partial charge in [0, 0.05) is 12.6 Å². The van der Waals surface area contributed by atoms with E-state index in [9.17, 15) is 5.11 Å². The molecule has 3 heteroatoms. The molecule has 1 aromatic rings. The van der Waals surface area contributed by atoms with Crippen molar-refractivity contribution in [2.24, 2.45) is 5.73 Å². The van der Waals surface area contributed by atoms with E-state index in [1.807, 2.05) is 6.92 Å². The van der Waals surface area contributed by atoms with Gasteiger partial charge < -0.3 is 15.7 Å². The molecule has 0 amide bonds. The Hall–Kier alpha value is -0.900. The first-order chi connectivity index (χ1) is 8.49. The third-order valence-corrected chi connectivity index (χ3v) is 3.22. The zero-order valence-electron chi connectivity index (χ0n) is 11.8.